The van der Waals surface area contributed by atoms with Crippen molar-refractivity contribution in [3.8, 4) is 0 Å². The number of non-ortho nitro benzene ring substituents is 1. The zero-order valence-corrected chi connectivity index (χ0v) is 14.5. The van der Waals surface area contributed by atoms with Crippen LogP contribution in [0.25, 0.3) is 0 Å². The minimum absolute atomic E-state index is 0.0682. The molecule has 1 saturated carbocycles. The number of nitro benzene ring substituents is 1. The molecule has 1 aromatic rings. The number of amides is 2. The lowest BCUT2D eigenvalue weighted by atomic mass is 9.81. The molecular formula is C14H12Br2N2O4. The Hall–Kier alpha value is -1.28. The second kappa shape index (κ2) is 5.73. The Morgan fingerprint density at radius 2 is 1.45 bits per heavy atom. The number of hydrogen-bond acceptors (Lipinski definition) is 4. The summed E-state index contributed by atoms with van der Waals surface area (Å²) in [5.74, 6) is -1.07. The summed E-state index contributed by atoms with van der Waals surface area (Å²) in [6, 6.07) is 5.50. The normalized spacial score (nSPS) is 31.3. The van der Waals surface area contributed by atoms with Crippen molar-refractivity contribution in [2.24, 2.45) is 11.8 Å². The first-order chi connectivity index (χ1) is 10.4. The van der Waals surface area contributed by atoms with Crippen LogP contribution in [0.5, 0.6) is 0 Å². The lowest BCUT2D eigenvalue weighted by molar-refractivity contribution is -0.384. The maximum Gasteiger partial charge on any atom is 0.269 e. The fraction of sp³-hybridized carbons (Fsp3) is 0.429. The summed E-state index contributed by atoms with van der Waals surface area (Å²) in [4.78, 5) is 36.8. The predicted octanol–water partition coefficient (Wildman–Crippen LogP) is 3.02. The number of anilines is 1. The molecule has 1 heterocycles. The number of hydrogen-bond donors (Lipinski definition) is 0. The highest BCUT2D eigenvalue weighted by Crippen LogP contribution is 2.44. The lowest BCUT2D eigenvalue weighted by Gasteiger charge is -2.29. The summed E-state index contributed by atoms with van der Waals surface area (Å²) in [6.45, 7) is 0. The van der Waals surface area contributed by atoms with Gasteiger partial charge in [-0.1, -0.05) is 31.9 Å². The maximum atomic E-state index is 12.6. The van der Waals surface area contributed by atoms with E-state index in [0.29, 0.717) is 18.5 Å². The molecule has 0 aromatic heterocycles. The van der Waals surface area contributed by atoms with Gasteiger partial charge in [0.15, 0.2) is 0 Å². The number of alkyl halides is 2. The van der Waals surface area contributed by atoms with Gasteiger partial charge in [-0.15, -0.1) is 0 Å². The minimum atomic E-state index is -0.512. The Balaban J connectivity index is 1.90. The number of imide groups is 1. The van der Waals surface area contributed by atoms with Gasteiger partial charge >= 0.3 is 0 Å². The molecule has 2 fully saturated rings. The zero-order chi connectivity index (χ0) is 16.0. The van der Waals surface area contributed by atoms with Crippen molar-refractivity contribution in [2.75, 3.05) is 4.90 Å². The van der Waals surface area contributed by atoms with Crippen molar-refractivity contribution in [1.82, 2.24) is 0 Å². The van der Waals surface area contributed by atoms with Gasteiger partial charge in [0.1, 0.15) is 0 Å². The van der Waals surface area contributed by atoms with Crippen molar-refractivity contribution in [1.29, 1.82) is 0 Å². The molecule has 2 aliphatic rings. The average molecular weight is 432 g/mol. The topological polar surface area (TPSA) is 80.5 Å². The summed E-state index contributed by atoms with van der Waals surface area (Å²) in [7, 11) is 0. The van der Waals surface area contributed by atoms with Crippen LogP contribution < -0.4 is 4.90 Å². The first-order valence-electron chi connectivity index (χ1n) is 6.80. The van der Waals surface area contributed by atoms with Crippen LogP contribution in [0, 0.1) is 22.0 Å². The van der Waals surface area contributed by atoms with Crippen molar-refractivity contribution < 1.29 is 14.5 Å². The molecule has 3 rings (SSSR count). The molecule has 1 saturated heterocycles. The van der Waals surface area contributed by atoms with Gasteiger partial charge in [-0.2, -0.15) is 0 Å². The van der Waals surface area contributed by atoms with E-state index in [1.165, 1.54) is 29.2 Å². The van der Waals surface area contributed by atoms with E-state index in [0.717, 1.165) is 0 Å². The fourth-order valence-corrected chi connectivity index (χ4v) is 4.31. The zero-order valence-electron chi connectivity index (χ0n) is 11.3. The number of rotatable bonds is 2. The van der Waals surface area contributed by atoms with Gasteiger partial charge in [0.05, 0.1) is 22.4 Å². The van der Waals surface area contributed by atoms with E-state index >= 15 is 0 Å². The number of carbonyl (C=O) groups excluding carboxylic acids is 2. The standard InChI is InChI=1S/C14H12Br2N2O4/c15-11-5-9-10(6-12(11)16)14(20)17(13(9)19)7-1-3-8(4-2-7)18(21)22/h1-4,9-12H,5-6H2/t9-,10-,11+,12+/m1/s1. The van der Waals surface area contributed by atoms with Gasteiger partial charge in [-0.25, -0.2) is 0 Å². The van der Waals surface area contributed by atoms with E-state index in [4.69, 9.17) is 0 Å². The third kappa shape index (κ3) is 2.48. The molecule has 2 amide bonds. The molecular weight excluding hydrogens is 420 g/mol. The highest BCUT2D eigenvalue weighted by Gasteiger charge is 2.52. The molecule has 0 spiro atoms. The van der Waals surface area contributed by atoms with E-state index in [1.54, 1.807) is 0 Å². The minimum Gasteiger partial charge on any atom is -0.274 e. The molecule has 116 valence electrons. The van der Waals surface area contributed by atoms with E-state index in [-0.39, 0.29) is 39.0 Å². The van der Waals surface area contributed by atoms with Crippen molar-refractivity contribution in [3.05, 3.63) is 34.4 Å². The van der Waals surface area contributed by atoms with E-state index in [9.17, 15) is 19.7 Å². The van der Waals surface area contributed by atoms with Crippen molar-refractivity contribution in [2.45, 2.75) is 22.5 Å². The molecule has 1 aliphatic carbocycles. The Bertz CT molecular complexity index is 621. The summed E-state index contributed by atoms with van der Waals surface area (Å²) < 4.78 is 0. The van der Waals surface area contributed by atoms with Gasteiger partial charge < -0.3 is 0 Å². The van der Waals surface area contributed by atoms with E-state index < -0.39 is 4.92 Å². The van der Waals surface area contributed by atoms with Gasteiger partial charge in [0.25, 0.3) is 5.69 Å². The highest BCUT2D eigenvalue weighted by atomic mass is 79.9. The fourth-order valence-electron chi connectivity index (χ4n) is 3.07. The number of nitro groups is 1. The van der Waals surface area contributed by atoms with E-state index in [2.05, 4.69) is 31.9 Å². The molecule has 4 atom stereocenters. The monoisotopic (exact) mass is 430 g/mol. The van der Waals surface area contributed by atoms with Crippen LogP contribution in [-0.4, -0.2) is 26.4 Å². The molecule has 22 heavy (non-hydrogen) atoms. The molecule has 0 radical (unpaired) electrons. The summed E-state index contributed by atoms with van der Waals surface area (Å²) in [5, 5.41) is 10.7. The Morgan fingerprint density at radius 1 is 1.00 bits per heavy atom. The van der Waals surface area contributed by atoms with Crippen LogP contribution in [0.2, 0.25) is 0 Å². The first kappa shape index (κ1) is 15.6. The Morgan fingerprint density at radius 3 is 1.86 bits per heavy atom. The maximum absolute atomic E-state index is 12.6. The van der Waals surface area contributed by atoms with Gasteiger partial charge in [0, 0.05) is 21.8 Å². The van der Waals surface area contributed by atoms with Gasteiger partial charge in [-0.05, 0) is 25.0 Å². The average Bonchev–Trinajstić information content (AvgIpc) is 2.72. The quantitative estimate of drug-likeness (QED) is 0.312. The Labute approximate surface area is 143 Å². The van der Waals surface area contributed by atoms with E-state index in [1.807, 2.05) is 0 Å². The predicted molar refractivity (Wildman–Crippen MR) is 87.2 cm³/mol. The molecule has 0 unspecified atom stereocenters. The van der Waals surface area contributed by atoms with Crippen molar-refractivity contribution >= 4 is 55.0 Å². The van der Waals surface area contributed by atoms with Crippen LogP contribution in [0.1, 0.15) is 12.8 Å². The number of benzene rings is 1. The largest absolute Gasteiger partial charge is 0.274 e. The molecule has 6 nitrogen and oxygen atoms in total. The van der Waals surface area contributed by atoms with Crippen LogP contribution in [-0.2, 0) is 9.59 Å². The van der Waals surface area contributed by atoms with Crippen LogP contribution in [0.3, 0.4) is 0 Å². The third-order valence-electron chi connectivity index (χ3n) is 4.23. The molecule has 1 aromatic carbocycles. The third-order valence-corrected chi connectivity index (χ3v) is 6.96. The molecule has 1 aliphatic heterocycles. The summed E-state index contributed by atoms with van der Waals surface area (Å²) >= 11 is 7.07. The smallest absolute Gasteiger partial charge is 0.269 e. The Kier molecular flexibility index (Phi) is 4.07. The summed E-state index contributed by atoms with van der Waals surface area (Å²) in [5.41, 5.74) is 0.327. The van der Waals surface area contributed by atoms with Gasteiger partial charge in [-0.3, -0.25) is 24.6 Å². The van der Waals surface area contributed by atoms with Crippen LogP contribution >= 0.6 is 31.9 Å². The van der Waals surface area contributed by atoms with Crippen LogP contribution in [0.15, 0.2) is 24.3 Å². The van der Waals surface area contributed by atoms with Crippen LogP contribution in [0.4, 0.5) is 11.4 Å². The second-order valence-corrected chi connectivity index (χ2v) is 7.85. The van der Waals surface area contributed by atoms with Crippen molar-refractivity contribution in [3.63, 3.8) is 0 Å². The molecule has 8 heteroatoms. The molecule has 0 bridgehead atoms. The summed E-state index contributed by atoms with van der Waals surface area (Å²) in [6.07, 6.45) is 1.21. The highest BCUT2D eigenvalue weighted by molar-refractivity contribution is 9.12. The number of halogens is 2. The number of nitrogens with zero attached hydrogens (tertiary/aromatic N) is 2. The van der Waals surface area contributed by atoms with Gasteiger partial charge in [0.2, 0.25) is 11.8 Å². The second-order valence-electron chi connectivity index (χ2n) is 5.50. The molecule has 0 N–H and O–H groups in total. The first-order valence-corrected chi connectivity index (χ1v) is 8.63. The number of carbonyl (C=O) groups is 2. The number of fused-ring (bicyclic) bond motifs is 1. The lowest BCUT2D eigenvalue weighted by Crippen LogP contribution is -2.34. The SMILES string of the molecule is O=C1[C@@H]2C[C@H](Br)[C@@H](Br)C[C@H]2C(=O)N1c1ccc([N+](=O)[O-])cc1.